The van der Waals surface area contributed by atoms with Crippen molar-refractivity contribution in [1.82, 2.24) is 9.88 Å². The number of pyridine rings is 1. The van der Waals surface area contributed by atoms with Gasteiger partial charge in [0.2, 0.25) is 5.56 Å². The first-order valence-corrected chi connectivity index (χ1v) is 10.1. The van der Waals surface area contributed by atoms with Gasteiger partial charge in [-0.2, -0.15) is 0 Å². The summed E-state index contributed by atoms with van der Waals surface area (Å²) in [7, 11) is -1.37. The minimum absolute atomic E-state index is 0.105. The van der Waals surface area contributed by atoms with Crippen molar-refractivity contribution in [2.75, 3.05) is 13.1 Å². The molecule has 1 aromatic rings. The highest BCUT2D eigenvalue weighted by molar-refractivity contribution is 6.40. The first kappa shape index (κ1) is 21.0. The van der Waals surface area contributed by atoms with Gasteiger partial charge < -0.3 is 25.9 Å². The van der Waals surface area contributed by atoms with Gasteiger partial charge in [-0.3, -0.25) is 14.5 Å². The van der Waals surface area contributed by atoms with Crippen LogP contribution < -0.4 is 11.3 Å². The Morgan fingerprint density at radius 3 is 2.86 bits per heavy atom. The third-order valence-electron chi connectivity index (χ3n) is 6.42. The third kappa shape index (κ3) is 4.48. The molecule has 9 heteroatoms. The minimum Gasteiger partial charge on any atom is -0.480 e. The standard InChI is InChI=1S/C19H30BN3O5/c21-19(18(25)26,7-1-2-8-20(27)28)14-6-9-23(12-14)16-5-3-4-13-11-22-17(24)10-15(13)16/h10-11,14,16,27-28H,1-9,12,21H2,(H,22,24)(H,25,26). The molecule has 0 radical (unpaired) electrons. The Morgan fingerprint density at radius 2 is 2.14 bits per heavy atom. The number of nitrogens with two attached hydrogens (primary N) is 1. The number of aromatic amines is 1. The molecule has 1 aliphatic heterocycles. The molecule has 8 nitrogen and oxygen atoms in total. The van der Waals surface area contributed by atoms with E-state index in [1.807, 2.05) is 0 Å². The third-order valence-corrected chi connectivity index (χ3v) is 6.42. The first-order valence-electron chi connectivity index (χ1n) is 10.1. The molecule has 3 unspecified atom stereocenters. The van der Waals surface area contributed by atoms with Crippen molar-refractivity contribution in [2.24, 2.45) is 11.7 Å². The summed E-state index contributed by atoms with van der Waals surface area (Å²) in [6.07, 6.45) is 7.07. The highest BCUT2D eigenvalue weighted by Gasteiger charge is 2.46. The molecule has 1 saturated heterocycles. The number of hydrogen-bond donors (Lipinski definition) is 5. The van der Waals surface area contributed by atoms with Gasteiger partial charge in [0.25, 0.3) is 0 Å². The molecule has 154 valence electrons. The number of H-pyrrole nitrogens is 1. The fourth-order valence-electron chi connectivity index (χ4n) is 4.79. The molecule has 3 atom stereocenters. The number of aliphatic carboxylic acids is 1. The van der Waals surface area contributed by atoms with Crippen LogP contribution in [0.2, 0.25) is 6.32 Å². The van der Waals surface area contributed by atoms with E-state index >= 15 is 0 Å². The Balaban J connectivity index is 1.69. The Hall–Kier alpha value is -1.68. The molecular formula is C19H30BN3O5. The highest BCUT2D eigenvalue weighted by Crippen LogP contribution is 2.39. The lowest BCUT2D eigenvalue weighted by atomic mass is 9.77. The van der Waals surface area contributed by atoms with Crippen LogP contribution in [-0.4, -0.2) is 56.8 Å². The zero-order chi connectivity index (χ0) is 20.3. The summed E-state index contributed by atoms with van der Waals surface area (Å²) < 4.78 is 0. The SMILES string of the molecule is NC(CCCCB(O)O)(C(=O)O)C1CCN(C2CCCc3c[nH]c(=O)cc32)C1. The highest BCUT2D eigenvalue weighted by atomic mass is 16.4. The number of nitrogens with one attached hydrogen (secondary N) is 1. The lowest BCUT2D eigenvalue weighted by molar-refractivity contribution is -0.146. The van der Waals surface area contributed by atoms with Crippen LogP contribution >= 0.6 is 0 Å². The van der Waals surface area contributed by atoms with Gasteiger partial charge in [0.15, 0.2) is 0 Å². The number of carboxylic acid groups (broad SMARTS) is 1. The summed E-state index contributed by atoms with van der Waals surface area (Å²) in [6.45, 7) is 1.37. The molecule has 0 saturated carbocycles. The van der Waals surface area contributed by atoms with Crippen LogP contribution in [-0.2, 0) is 11.2 Å². The van der Waals surface area contributed by atoms with Gasteiger partial charge in [-0.05, 0) is 56.1 Å². The first-order chi connectivity index (χ1) is 13.3. The van der Waals surface area contributed by atoms with Crippen LogP contribution in [0.4, 0.5) is 0 Å². The van der Waals surface area contributed by atoms with Gasteiger partial charge in [-0.1, -0.05) is 12.8 Å². The lowest BCUT2D eigenvalue weighted by Gasteiger charge is -2.35. The van der Waals surface area contributed by atoms with Crippen molar-refractivity contribution in [1.29, 1.82) is 0 Å². The zero-order valence-electron chi connectivity index (χ0n) is 16.1. The van der Waals surface area contributed by atoms with Gasteiger partial charge in [-0.15, -0.1) is 0 Å². The van der Waals surface area contributed by atoms with Gasteiger partial charge in [0.1, 0.15) is 5.54 Å². The molecule has 3 rings (SSSR count). The van der Waals surface area contributed by atoms with Crippen LogP contribution in [0.15, 0.2) is 17.1 Å². The molecule has 1 aromatic heterocycles. The van der Waals surface area contributed by atoms with Gasteiger partial charge in [0, 0.05) is 30.8 Å². The van der Waals surface area contributed by atoms with E-state index in [-0.39, 0.29) is 23.8 Å². The molecule has 0 spiro atoms. The summed E-state index contributed by atoms with van der Waals surface area (Å²) in [6, 6.07) is 1.82. The van der Waals surface area contributed by atoms with Gasteiger partial charge in [0.05, 0.1) is 0 Å². The minimum atomic E-state index is -1.37. The van der Waals surface area contributed by atoms with E-state index in [0.29, 0.717) is 32.2 Å². The number of aromatic nitrogens is 1. The number of fused-ring (bicyclic) bond motifs is 1. The molecular weight excluding hydrogens is 361 g/mol. The van der Waals surface area contributed by atoms with E-state index in [0.717, 1.165) is 31.4 Å². The molecule has 0 aromatic carbocycles. The average Bonchev–Trinajstić information content (AvgIpc) is 3.14. The van der Waals surface area contributed by atoms with Crippen molar-refractivity contribution < 1.29 is 19.9 Å². The van der Waals surface area contributed by atoms with Crippen LogP contribution in [0.1, 0.15) is 55.7 Å². The number of rotatable bonds is 8. The van der Waals surface area contributed by atoms with E-state index < -0.39 is 18.6 Å². The lowest BCUT2D eigenvalue weighted by Crippen LogP contribution is -2.55. The second-order valence-corrected chi connectivity index (χ2v) is 8.24. The Bertz CT molecular complexity index is 755. The van der Waals surface area contributed by atoms with E-state index in [1.54, 1.807) is 12.3 Å². The van der Waals surface area contributed by atoms with Crippen molar-refractivity contribution in [3.05, 3.63) is 33.7 Å². The maximum atomic E-state index is 12.0. The molecule has 1 aliphatic carbocycles. The number of unbranched alkanes of at least 4 members (excludes halogenated alkanes) is 1. The topological polar surface area (TPSA) is 140 Å². The van der Waals surface area contributed by atoms with Gasteiger partial charge >= 0.3 is 13.1 Å². The van der Waals surface area contributed by atoms with E-state index in [4.69, 9.17) is 15.8 Å². The fraction of sp³-hybridized carbons (Fsp3) is 0.684. The summed E-state index contributed by atoms with van der Waals surface area (Å²) in [4.78, 5) is 28.8. The van der Waals surface area contributed by atoms with Crippen LogP contribution in [0.3, 0.4) is 0 Å². The zero-order valence-corrected chi connectivity index (χ0v) is 16.1. The molecule has 1 fully saturated rings. The fourth-order valence-corrected chi connectivity index (χ4v) is 4.79. The molecule has 2 heterocycles. The molecule has 0 amide bonds. The quantitative estimate of drug-likeness (QED) is 0.321. The second kappa shape index (κ2) is 8.77. The normalized spacial score (nSPS) is 24.5. The van der Waals surface area contributed by atoms with Crippen molar-refractivity contribution in [3.63, 3.8) is 0 Å². The summed E-state index contributed by atoms with van der Waals surface area (Å²) >= 11 is 0. The Kier molecular flexibility index (Phi) is 6.59. The molecule has 0 bridgehead atoms. The number of likely N-dealkylation sites (tertiary alicyclic amines) is 1. The van der Waals surface area contributed by atoms with Crippen LogP contribution in [0, 0.1) is 5.92 Å². The van der Waals surface area contributed by atoms with Crippen LogP contribution in [0.25, 0.3) is 0 Å². The maximum Gasteiger partial charge on any atom is 0.451 e. The second-order valence-electron chi connectivity index (χ2n) is 8.24. The number of nitrogens with zero attached hydrogens (tertiary/aromatic N) is 1. The van der Waals surface area contributed by atoms with E-state index in [9.17, 15) is 14.7 Å². The van der Waals surface area contributed by atoms with Crippen LogP contribution in [0.5, 0.6) is 0 Å². The Labute approximate surface area is 164 Å². The largest absolute Gasteiger partial charge is 0.480 e. The predicted octanol–water partition coefficient (Wildman–Crippen LogP) is 0.499. The van der Waals surface area contributed by atoms with E-state index in [2.05, 4.69) is 9.88 Å². The number of hydrogen-bond acceptors (Lipinski definition) is 6. The summed E-state index contributed by atoms with van der Waals surface area (Å²) in [5, 5.41) is 27.7. The number of carbonyl (C=O) groups is 1. The monoisotopic (exact) mass is 391 g/mol. The predicted molar refractivity (Wildman–Crippen MR) is 106 cm³/mol. The smallest absolute Gasteiger partial charge is 0.451 e. The Morgan fingerprint density at radius 1 is 1.36 bits per heavy atom. The van der Waals surface area contributed by atoms with Gasteiger partial charge in [-0.25, -0.2) is 0 Å². The van der Waals surface area contributed by atoms with Crippen molar-refractivity contribution in [2.45, 2.75) is 62.8 Å². The van der Waals surface area contributed by atoms with E-state index in [1.165, 1.54) is 5.56 Å². The number of aryl methyl sites for hydroxylation is 1. The molecule has 28 heavy (non-hydrogen) atoms. The van der Waals surface area contributed by atoms with Crippen molar-refractivity contribution in [3.8, 4) is 0 Å². The molecule has 6 N–H and O–H groups in total. The maximum absolute atomic E-state index is 12.0. The summed E-state index contributed by atoms with van der Waals surface area (Å²) in [5.74, 6) is -1.17. The van der Waals surface area contributed by atoms with Crippen molar-refractivity contribution >= 4 is 13.1 Å². The number of carboxylic acids is 1. The molecule has 2 aliphatic rings. The summed E-state index contributed by atoms with van der Waals surface area (Å²) in [5.41, 5.74) is 7.17. The average molecular weight is 391 g/mol.